The highest BCUT2D eigenvalue weighted by Crippen LogP contribution is 2.52. The molecule has 0 bridgehead atoms. The molecule has 0 atom stereocenters. The Bertz CT molecular complexity index is 1640. The molecule has 0 saturated heterocycles. The minimum absolute atomic E-state index is 0.158. The second-order valence-corrected chi connectivity index (χ2v) is 10.8. The van der Waals surface area contributed by atoms with Gasteiger partial charge in [0, 0.05) is 28.7 Å². The van der Waals surface area contributed by atoms with E-state index in [9.17, 15) is 9.67 Å². The summed E-state index contributed by atoms with van der Waals surface area (Å²) in [6, 6.07) is 19.3. The van der Waals surface area contributed by atoms with Crippen LogP contribution in [0, 0.1) is 13.8 Å². The summed E-state index contributed by atoms with van der Waals surface area (Å²) in [5.41, 5.74) is 4.43. The molecule has 3 aromatic carbocycles. The zero-order chi connectivity index (χ0) is 26.2. The van der Waals surface area contributed by atoms with Crippen LogP contribution in [0.2, 0.25) is 0 Å². The van der Waals surface area contributed by atoms with Crippen molar-refractivity contribution in [2.75, 3.05) is 13.2 Å². The van der Waals surface area contributed by atoms with Gasteiger partial charge in [-0.05, 0) is 86.0 Å². The Labute approximate surface area is 216 Å². The van der Waals surface area contributed by atoms with E-state index in [0.717, 1.165) is 43.9 Å². The molecule has 0 amide bonds. The molecule has 0 saturated carbocycles. The number of nitrogens with zero attached hydrogens (tertiary/aromatic N) is 2. The maximum absolute atomic E-state index is 14.2. The highest BCUT2D eigenvalue weighted by Gasteiger charge is 2.33. The largest absolute Gasteiger partial charge is 0.507 e. The van der Waals surface area contributed by atoms with Gasteiger partial charge in [-0.3, -0.25) is 14.5 Å². The summed E-state index contributed by atoms with van der Waals surface area (Å²) in [4.78, 5) is 9.22. The van der Waals surface area contributed by atoms with E-state index in [0.29, 0.717) is 16.6 Å². The Hall–Kier alpha value is -3.57. The van der Waals surface area contributed by atoms with Crippen LogP contribution in [0.15, 0.2) is 73.1 Å². The summed E-state index contributed by atoms with van der Waals surface area (Å²) in [5, 5.41) is 15.2. The average Bonchev–Trinajstić information content (AvgIpc) is 2.90. The number of aromatic nitrogens is 2. The molecule has 0 aliphatic heterocycles. The summed E-state index contributed by atoms with van der Waals surface area (Å²) in [5.74, 6) is 0.158. The second kappa shape index (κ2) is 10.1. The van der Waals surface area contributed by atoms with E-state index in [1.807, 2.05) is 74.5 Å². The molecule has 2 heterocycles. The van der Waals surface area contributed by atoms with Gasteiger partial charge in [0.1, 0.15) is 5.75 Å². The number of pyridine rings is 2. The van der Waals surface area contributed by atoms with E-state index < -0.39 is 7.60 Å². The fourth-order valence-electron chi connectivity index (χ4n) is 5.03. The van der Waals surface area contributed by atoms with Crippen molar-refractivity contribution in [3.05, 3.63) is 84.2 Å². The Balaban J connectivity index is 2.05. The van der Waals surface area contributed by atoms with Crippen molar-refractivity contribution in [3.8, 4) is 28.3 Å². The maximum Gasteiger partial charge on any atom is 0.362 e. The lowest BCUT2D eigenvalue weighted by Gasteiger charge is -2.24. The number of phenols is 1. The summed E-state index contributed by atoms with van der Waals surface area (Å²) in [7, 11) is -3.65. The van der Waals surface area contributed by atoms with Crippen molar-refractivity contribution in [2.24, 2.45) is 0 Å². The van der Waals surface area contributed by atoms with Crippen molar-refractivity contribution in [1.29, 1.82) is 0 Å². The number of benzene rings is 3. The van der Waals surface area contributed by atoms with Gasteiger partial charge in [-0.2, -0.15) is 0 Å². The summed E-state index contributed by atoms with van der Waals surface area (Å²) in [6.45, 7) is 7.90. The number of hydrogen-bond acceptors (Lipinski definition) is 6. The lowest BCUT2D eigenvalue weighted by Crippen LogP contribution is -2.16. The molecule has 188 valence electrons. The van der Waals surface area contributed by atoms with Gasteiger partial charge in [-0.25, -0.2) is 0 Å². The second-order valence-electron chi connectivity index (χ2n) is 8.86. The van der Waals surface area contributed by atoms with Crippen LogP contribution in [0.3, 0.4) is 0 Å². The van der Waals surface area contributed by atoms with Gasteiger partial charge < -0.3 is 14.2 Å². The standard InChI is InChI=1S/C30H29N2O4P/c1-5-35-37(34,36-6-2)30-20(4)18-23(24-11-7-9-15-31-24)27-22(30)14-13-21-17-19(3)29(33)28(26(21)27)25-12-8-10-16-32-25/h7-18,33H,5-6H2,1-4H3. The molecule has 1 N–H and O–H groups in total. The number of aryl methyl sites for hydroxylation is 2. The number of aromatic hydroxyl groups is 1. The number of phenolic OH excluding ortho intramolecular Hbond substituents is 1. The zero-order valence-electron chi connectivity index (χ0n) is 21.4. The van der Waals surface area contributed by atoms with Crippen molar-refractivity contribution in [3.63, 3.8) is 0 Å². The molecular weight excluding hydrogens is 483 g/mol. The molecule has 0 fully saturated rings. The molecule has 37 heavy (non-hydrogen) atoms. The molecule has 0 radical (unpaired) electrons. The molecule has 5 rings (SSSR count). The highest BCUT2D eigenvalue weighted by atomic mass is 31.2. The highest BCUT2D eigenvalue weighted by molar-refractivity contribution is 7.62. The quantitative estimate of drug-likeness (QED) is 0.182. The molecular formula is C30H29N2O4P. The molecule has 0 unspecified atom stereocenters. The molecule has 0 aliphatic carbocycles. The first-order valence-electron chi connectivity index (χ1n) is 12.3. The molecule has 6 nitrogen and oxygen atoms in total. The monoisotopic (exact) mass is 512 g/mol. The van der Waals surface area contributed by atoms with E-state index in [-0.39, 0.29) is 19.0 Å². The van der Waals surface area contributed by atoms with Crippen LogP contribution in [-0.4, -0.2) is 28.3 Å². The van der Waals surface area contributed by atoms with Gasteiger partial charge in [-0.1, -0.05) is 24.3 Å². The van der Waals surface area contributed by atoms with E-state index in [1.165, 1.54) is 0 Å². The lowest BCUT2D eigenvalue weighted by molar-refractivity contribution is 0.230. The summed E-state index contributed by atoms with van der Waals surface area (Å²) in [6.07, 6.45) is 3.46. The number of hydrogen-bond donors (Lipinski definition) is 1. The van der Waals surface area contributed by atoms with Gasteiger partial charge in [0.2, 0.25) is 0 Å². The van der Waals surface area contributed by atoms with Crippen LogP contribution < -0.4 is 5.30 Å². The Kier molecular flexibility index (Phi) is 6.82. The minimum atomic E-state index is -3.65. The van der Waals surface area contributed by atoms with Gasteiger partial charge >= 0.3 is 7.60 Å². The molecule has 7 heteroatoms. The van der Waals surface area contributed by atoms with Gasteiger partial charge in [-0.15, -0.1) is 0 Å². The predicted octanol–water partition coefficient (Wildman–Crippen LogP) is 7.33. The van der Waals surface area contributed by atoms with Crippen molar-refractivity contribution >= 4 is 34.4 Å². The number of fused-ring (bicyclic) bond motifs is 3. The van der Waals surface area contributed by atoms with Crippen LogP contribution in [0.1, 0.15) is 25.0 Å². The van der Waals surface area contributed by atoms with E-state index >= 15 is 0 Å². The minimum Gasteiger partial charge on any atom is -0.507 e. The van der Waals surface area contributed by atoms with Crippen LogP contribution in [0.25, 0.3) is 44.1 Å². The van der Waals surface area contributed by atoms with Gasteiger partial charge in [0.05, 0.1) is 35.5 Å². The average molecular weight is 513 g/mol. The van der Waals surface area contributed by atoms with E-state index in [1.54, 1.807) is 26.2 Å². The smallest absolute Gasteiger partial charge is 0.362 e. The van der Waals surface area contributed by atoms with Gasteiger partial charge in [0.15, 0.2) is 0 Å². The van der Waals surface area contributed by atoms with Gasteiger partial charge in [0.25, 0.3) is 0 Å². The Morgan fingerprint density at radius 1 is 0.811 bits per heavy atom. The fraction of sp³-hybridized carbons (Fsp3) is 0.200. The summed E-state index contributed by atoms with van der Waals surface area (Å²) >= 11 is 0. The van der Waals surface area contributed by atoms with Crippen molar-refractivity contribution in [2.45, 2.75) is 27.7 Å². The van der Waals surface area contributed by atoms with Crippen LogP contribution in [0.5, 0.6) is 5.75 Å². The third kappa shape index (κ3) is 4.31. The SMILES string of the molecule is CCOP(=O)(OCC)c1c(C)cc(-c2ccccn2)c2c1ccc1cc(C)c(O)c(-c3ccccn3)c12. The van der Waals surface area contributed by atoms with E-state index in [4.69, 9.17) is 9.05 Å². The maximum atomic E-state index is 14.2. The summed E-state index contributed by atoms with van der Waals surface area (Å²) < 4.78 is 25.8. The fourth-order valence-corrected chi connectivity index (χ4v) is 7.02. The van der Waals surface area contributed by atoms with E-state index in [2.05, 4.69) is 9.97 Å². The first-order chi connectivity index (χ1) is 17.9. The molecule has 2 aromatic heterocycles. The van der Waals surface area contributed by atoms with Crippen LogP contribution >= 0.6 is 7.60 Å². The first kappa shape index (κ1) is 25.1. The van der Waals surface area contributed by atoms with Crippen LogP contribution in [0.4, 0.5) is 0 Å². The topological polar surface area (TPSA) is 81.5 Å². The molecule has 5 aromatic rings. The zero-order valence-corrected chi connectivity index (χ0v) is 22.3. The normalized spacial score (nSPS) is 11.9. The third-order valence-electron chi connectivity index (χ3n) is 6.46. The lowest BCUT2D eigenvalue weighted by atomic mass is 9.89. The Morgan fingerprint density at radius 3 is 2.05 bits per heavy atom. The Morgan fingerprint density at radius 2 is 1.46 bits per heavy atom. The predicted molar refractivity (Wildman–Crippen MR) is 150 cm³/mol. The molecule has 0 aliphatic rings. The number of rotatable bonds is 7. The van der Waals surface area contributed by atoms with Crippen LogP contribution in [-0.2, 0) is 13.6 Å². The van der Waals surface area contributed by atoms with Crippen molar-refractivity contribution in [1.82, 2.24) is 9.97 Å². The first-order valence-corrected chi connectivity index (χ1v) is 13.9. The third-order valence-corrected chi connectivity index (χ3v) is 8.80. The van der Waals surface area contributed by atoms with Crippen molar-refractivity contribution < 1.29 is 18.7 Å². The molecule has 0 spiro atoms.